The van der Waals surface area contributed by atoms with E-state index in [-0.39, 0.29) is 11.9 Å². The molecule has 9 heteroatoms. The van der Waals surface area contributed by atoms with Crippen molar-refractivity contribution in [2.24, 2.45) is 5.73 Å². The zero-order chi connectivity index (χ0) is 22.7. The summed E-state index contributed by atoms with van der Waals surface area (Å²) in [4.78, 5) is 17.8. The molecule has 0 saturated carbocycles. The minimum atomic E-state index is -0.653. The van der Waals surface area contributed by atoms with Gasteiger partial charge >= 0.3 is 0 Å². The lowest BCUT2D eigenvalue weighted by Crippen LogP contribution is -2.55. The third kappa shape index (κ3) is 4.73. The number of rotatable bonds is 6. The molecule has 2 atom stereocenters. The minimum absolute atomic E-state index is 0.267. The van der Waals surface area contributed by atoms with Crippen LogP contribution in [0, 0.1) is 5.82 Å². The zero-order valence-electron chi connectivity index (χ0n) is 17.8. The van der Waals surface area contributed by atoms with Crippen LogP contribution in [0.1, 0.15) is 13.3 Å². The van der Waals surface area contributed by atoms with Crippen molar-refractivity contribution in [1.29, 1.82) is 0 Å². The number of piperazine rings is 1. The molecule has 7 nitrogen and oxygen atoms in total. The Morgan fingerprint density at radius 2 is 1.81 bits per heavy atom. The van der Waals surface area contributed by atoms with Gasteiger partial charge in [0.25, 0.3) is 0 Å². The molecule has 2 unspecified atom stereocenters. The molecular weight excluding hydrogens is 431 g/mol. The Bertz CT molecular complexity index is 1060. The van der Waals surface area contributed by atoms with Crippen LogP contribution in [0.5, 0.6) is 0 Å². The van der Waals surface area contributed by atoms with Crippen LogP contribution in [-0.2, 0) is 0 Å². The van der Waals surface area contributed by atoms with Gasteiger partial charge in [-0.15, -0.1) is 0 Å². The second-order valence-corrected chi connectivity index (χ2v) is 8.20. The first-order valence-corrected chi connectivity index (χ1v) is 11.0. The van der Waals surface area contributed by atoms with Gasteiger partial charge in [0.15, 0.2) is 0 Å². The van der Waals surface area contributed by atoms with Crippen molar-refractivity contribution in [3.8, 4) is 22.5 Å². The monoisotopic (exact) mass is 456 g/mol. The summed E-state index contributed by atoms with van der Waals surface area (Å²) < 4.78 is 13.5. The van der Waals surface area contributed by atoms with Crippen LogP contribution >= 0.6 is 11.6 Å². The molecule has 1 aromatic carbocycles. The van der Waals surface area contributed by atoms with Crippen molar-refractivity contribution in [2.45, 2.75) is 25.6 Å². The number of nitrogens with two attached hydrogens (primary N) is 1. The Morgan fingerprint density at radius 3 is 2.47 bits per heavy atom. The molecule has 0 bridgehead atoms. The topological polar surface area (TPSA) is 91.4 Å². The molecule has 1 aliphatic heterocycles. The van der Waals surface area contributed by atoms with Gasteiger partial charge in [0.05, 0.1) is 16.9 Å². The molecule has 3 aromatic rings. The lowest BCUT2D eigenvalue weighted by atomic mass is 10.0. The van der Waals surface area contributed by atoms with Crippen LogP contribution in [0.3, 0.4) is 0 Å². The highest BCUT2D eigenvalue weighted by Crippen LogP contribution is 2.34. The molecule has 0 radical (unpaired) electrons. The lowest BCUT2D eigenvalue weighted by molar-refractivity contribution is -0.0187. The zero-order valence-corrected chi connectivity index (χ0v) is 18.6. The molecular formula is C23H26ClFN6O. The highest BCUT2D eigenvalue weighted by Gasteiger charge is 2.27. The Labute approximate surface area is 191 Å². The van der Waals surface area contributed by atoms with Crippen LogP contribution in [0.2, 0.25) is 5.02 Å². The summed E-state index contributed by atoms with van der Waals surface area (Å²) >= 11 is 6.43. The average Bonchev–Trinajstić information content (AvgIpc) is 2.84. The number of halogens is 2. The molecule has 0 spiro atoms. The maximum Gasteiger partial charge on any atom is 0.147 e. The van der Waals surface area contributed by atoms with Crippen LogP contribution in [0.25, 0.3) is 22.5 Å². The van der Waals surface area contributed by atoms with Gasteiger partial charge in [-0.25, -0.2) is 9.37 Å². The van der Waals surface area contributed by atoms with Gasteiger partial charge in [-0.1, -0.05) is 18.5 Å². The largest absolute Gasteiger partial charge is 0.377 e. The smallest absolute Gasteiger partial charge is 0.147 e. The van der Waals surface area contributed by atoms with Gasteiger partial charge in [-0.3, -0.25) is 14.9 Å². The van der Waals surface area contributed by atoms with Crippen molar-refractivity contribution in [3.05, 3.63) is 59.8 Å². The van der Waals surface area contributed by atoms with Crippen molar-refractivity contribution >= 4 is 17.4 Å². The predicted octanol–water partition coefficient (Wildman–Crippen LogP) is 3.18. The number of nitrogens with zero attached hydrogens (tertiary/aromatic N) is 5. The lowest BCUT2D eigenvalue weighted by Gasteiger charge is -2.39. The number of aromatic nitrogens is 3. The fraction of sp³-hybridized carbons (Fsp3) is 0.348. The van der Waals surface area contributed by atoms with Crippen LogP contribution in [0.15, 0.2) is 48.9 Å². The molecule has 3 heterocycles. The van der Waals surface area contributed by atoms with E-state index in [0.29, 0.717) is 60.4 Å². The molecule has 1 aliphatic rings. The third-order valence-corrected chi connectivity index (χ3v) is 6.07. The Balaban J connectivity index is 1.65. The molecule has 168 valence electrons. The standard InChI is InChI=1S/C23H26ClFN6O/c1-2-19(26)23(32)31-11-9-30(10-12-31)20-14-28-21(15-3-5-16(25)6-4-15)22(29-20)17-7-8-27-13-18(17)24/h3-8,13-14,19,23,32H,2,9-12,26H2,1H3. The van der Waals surface area contributed by atoms with Gasteiger partial charge in [0, 0.05) is 55.7 Å². The van der Waals surface area contributed by atoms with Gasteiger partial charge in [0.1, 0.15) is 23.6 Å². The average molecular weight is 457 g/mol. The summed E-state index contributed by atoms with van der Waals surface area (Å²) in [6.45, 7) is 4.67. The van der Waals surface area contributed by atoms with Crippen molar-refractivity contribution in [1.82, 2.24) is 19.9 Å². The first-order valence-electron chi connectivity index (χ1n) is 10.6. The Hall–Kier alpha value is -2.65. The Morgan fingerprint density at radius 1 is 1.09 bits per heavy atom. The van der Waals surface area contributed by atoms with E-state index in [2.05, 4.69) is 14.9 Å². The SMILES string of the molecule is CCC(N)C(O)N1CCN(c2cnc(-c3ccc(F)cc3)c(-c3ccncc3Cl)n2)CC1. The molecule has 32 heavy (non-hydrogen) atoms. The van der Waals surface area contributed by atoms with Crippen molar-refractivity contribution in [2.75, 3.05) is 31.1 Å². The molecule has 1 fully saturated rings. The van der Waals surface area contributed by atoms with E-state index < -0.39 is 6.23 Å². The fourth-order valence-corrected chi connectivity index (χ4v) is 4.01. The molecule has 0 amide bonds. The number of hydrogen-bond acceptors (Lipinski definition) is 7. The van der Waals surface area contributed by atoms with E-state index in [4.69, 9.17) is 22.3 Å². The highest BCUT2D eigenvalue weighted by molar-refractivity contribution is 6.33. The number of benzene rings is 1. The molecule has 1 saturated heterocycles. The van der Waals surface area contributed by atoms with Gasteiger partial charge in [0.2, 0.25) is 0 Å². The minimum Gasteiger partial charge on any atom is -0.377 e. The maximum atomic E-state index is 13.5. The number of anilines is 1. The van der Waals surface area contributed by atoms with E-state index in [1.54, 1.807) is 36.8 Å². The van der Waals surface area contributed by atoms with Crippen LogP contribution in [-0.4, -0.2) is 63.4 Å². The first kappa shape index (κ1) is 22.5. The quantitative estimate of drug-likeness (QED) is 0.588. The molecule has 4 rings (SSSR count). The van der Waals surface area contributed by atoms with Crippen LogP contribution < -0.4 is 10.6 Å². The van der Waals surface area contributed by atoms with E-state index in [1.807, 2.05) is 11.8 Å². The summed E-state index contributed by atoms with van der Waals surface area (Å²) in [6.07, 6.45) is 5.01. The first-order chi connectivity index (χ1) is 15.5. The molecule has 3 N–H and O–H groups in total. The van der Waals surface area contributed by atoms with E-state index in [1.165, 1.54) is 12.1 Å². The highest BCUT2D eigenvalue weighted by atomic mass is 35.5. The maximum absolute atomic E-state index is 13.5. The molecule has 2 aromatic heterocycles. The summed E-state index contributed by atoms with van der Waals surface area (Å²) in [5.74, 6) is 0.400. The number of hydrogen-bond donors (Lipinski definition) is 2. The second-order valence-electron chi connectivity index (χ2n) is 7.80. The van der Waals surface area contributed by atoms with Crippen molar-refractivity contribution in [3.63, 3.8) is 0 Å². The summed E-state index contributed by atoms with van der Waals surface area (Å²) in [5.41, 5.74) is 8.68. The third-order valence-electron chi connectivity index (χ3n) is 5.77. The summed E-state index contributed by atoms with van der Waals surface area (Å²) in [6, 6.07) is 7.67. The number of pyridine rings is 1. The van der Waals surface area contributed by atoms with E-state index in [9.17, 15) is 9.50 Å². The summed E-state index contributed by atoms with van der Waals surface area (Å²) in [5, 5.41) is 10.9. The van der Waals surface area contributed by atoms with E-state index >= 15 is 0 Å². The number of aliphatic hydroxyl groups is 1. The number of aliphatic hydroxyl groups excluding tert-OH is 1. The fourth-order valence-electron chi connectivity index (χ4n) is 3.80. The Kier molecular flexibility index (Phi) is 6.95. The van der Waals surface area contributed by atoms with Crippen LogP contribution in [0.4, 0.5) is 10.2 Å². The summed E-state index contributed by atoms with van der Waals surface area (Å²) in [7, 11) is 0. The predicted molar refractivity (Wildman–Crippen MR) is 124 cm³/mol. The molecule has 0 aliphatic carbocycles. The normalized spacial score (nSPS) is 16.7. The van der Waals surface area contributed by atoms with Gasteiger partial charge < -0.3 is 15.7 Å². The second kappa shape index (κ2) is 9.87. The van der Waals surface area contributed by atoms with Gasteiger partial charge in [-0.2, -0.15) is 0 Å². The van der Waals surface area contributed by atoms with Gasteiger partial charge in [-0.05, 0) is 36.8 Å². The van der Waals surface area contributed by atoms with Crippen molar-refractivity contribution < 1.29 is 9.50 Å². The van der Waals surface area contributed by atoms with E-state index in [0.717, 1.165) is 5.56 Å².